The first-order valence-electron chi connectivity index (χ1n) is 13.8. The van der Waals surface area contributed by atoms with Crippen molar-refractivity contribution in [2.24, 2.45) is 0 Å². The van der Waals surface area contributed by atoms with Gasteiger partial charge in [-0.3, -0.25) is 5.32 Å². The molecular formula is C28H45N5O6Si. The number of ether oxygens (including phenoxy) is 3. The van der Waals surface area contributed by atoms with Crippen molar-refractivity contribution >= 4 is 37.4 Å². The van der Waals surface area contributed by atoms with Crippen molar-refractivity contribution in [2.45, 2.75) is 90.5 Å². The van der Waals surface area contributed by atoms with Crippen molar-refractivity contribution in [1.82, 2.24) is 14.6 Å². The third-order valence-electron chi connectivity index (χ3n) is 6.75. The molecule has 2 aromatic rings. The van der Waals surface area contributed by atoms with Crippen LogP contribution in [0.5, 0.6) is 0 Å². The van der Waals surface area contributed by atoms with Crippen molar-refractivity contribution in [3.63, 3.8) is 0 Å². The Labute approximate surface area is 237 Å². The lowest BCUT2D eigenvalue weighted by atomic mass is 9.92. The second-order valence-corrected chi connectivity index (χ2v) is 18.4. The van der Waals surface area contributed by atoms with E-state index >= 15 is 0 Å². The largest absolute Gasteiger partial charge is 0.479 e. The minimum absolute atomic E-state index is 0.267. The summed E-state index contributed by atoms with van der Waals surface area (Å²) in [5.74, 6) is -0.277. The Morgan fingerprint density at radius 2 is 1.93 bits per heavy atom. The minimum atomic E-state index is -1.35. The van der Waals surface area contributed by atoms with Crippen LogP contribution in [0.1, 0.15) is 57.9 Å². The molecule has 0 radical (unpaired) electrons. The van der Waals surface area contributed by atoms with E-state index in [2.05, 4.69) is 53.4 Å². The fraction of sp³-hybridized carbons (Fsp3) is 0.643. The molecule has 40 heavy (non-hydrogen) atoms. The predicted octanol–water partition coefficient (Wildman–Crippen LogP) is 5.43. The number of piperidine rings is 1. The number of rotatable bonds is 11. The summed E-state index contributed by atoms with van der Waals surface area (Å²) in [6.07, 6.45) is 1.31. The number of hydrogen-bond donors (Lipinski definition) is 2. The number of aryl methyl sites for hydroxylation is 1. The van der Waals surface area contributed by atoms with Crippen molar-refractivity contribution in [3.05, 3.63) is 30.0 Å². The summed E-state index contributed by atoms with van der Waals surface area (Å²) in [5.41, 5.74) is 0.371. The summed E-state index contributed by atoms with van der Waals surface area (Å²) in [7, 11) is -1.35. The number of aromatic nitrogens is 3. The van der Waals surface area contributed by atoms with Crippen LogP contribution in [0, 0.1) is 6.92 Å². The van der Waals surface area contributed by atoms with Gasteiger partial charge in [-0.2, -0.15) is 4.52 Å². The van der Waals surface area contributed by atoms with Gasteiger partial charge in [0.25, 0.3) is 0 Å². The number of carboxylic acids is 1. The van der Waals surface area contributed by atoms with Gasteiger partial charge in [-0.25, -0.2) is 14.6 Å². The second-order valence-electron chi connectivity index (χ2n) is 12.8. The molecule has 0 bridgehead atoms. The van der Waals surface area contributed by atoms with Crippen LogP contribution in [-0.2, 0) is 19.0 Å². The van der Waals surface area contributed by atoms with Crippen LogP contribution in [-0.4, -0.2) is 77.3 Å². The molecule has 3 rings (SSSR count). The van der Waals surface area contributed by atoms with Gasteiger partial charge in [0.15, 0.2) is 17.6 Å². The number of anilines is 2. The molecule has 222 valence electrons. The summed E-state index contributed by atoms with van der Waals surface area (Å²) < 4.78 is 19.1. The molecule has 1 fully saturated rings. The lowest BCUT2D eigenvalue weighted by Crippen LogP contribution is -2.45. The average molecular weight is 576 g/mol. The Morgan fingerprint density at radius 1 is 1.27 bits per heavy atom. The molecule has 0 aliphatic carbocycles. The van der Waals surface area contributed by atoms with E-state index < -0.39 is 31.8 Å². The average Bonchev–Trinajstić information content (AvgIpc) is 3.21. The molecule has 2 N–H and O–H groups in total. The van der Waals surface area contributed by atoms with Gasteiger partial charge in [-0.1, -0.05) is 25.7 Å². The molecule has 0 spiro atoms. The normalized spacial score (nSPS) is 16.6. The number of hydrogen-bond acceptors (Lipinski definition) is 8. The Kier molecular flexibility index (Phi) is 9.68. The first-order chi connectivity index (χ1) is 18.5. The highest BCUT2D eigenvalue weighted by Crippen LogP contribution is 2.38. The highest BCUT2D eigenvalue weighted by molar-refractivity contribution is 6.76. The SMILES string of the molecule is C=CCOC1(C)CCN(c2c(C(OC(C)(C)C)C(=O)O)c(C)nc3cc(NC(=O)OCC[Si](C)(C)C)nn23)CC1. The quantitative estimate of drug-likeness (QED) is 0.266. The first kappa shape index (κ1) is 31.6. The molecule has 1 amide bonds. The summed E-state index contributed by atoms with van der Waals surface area (Å²) in [6, 6.07) is 2.51. The van der Waals surface area contributed by atoms with Gasteiger partial charge >= 0.3 is 12.1 Å². The van der Waals surface area contributed by atoms with Crippen molar-refractivity contribution in [2.75, 3.05) is 36.5 Å². The third kappa shape index (κ3) is 8.28. The highest BCUT2D eigenvalue weighted by atomic mass is 28.3. The standard InChI is InChI=1S/C28H45N5O6Si/c1-10-15-38-28(6)11-13-32(14-12-28)24-22(23(25(34)35)39-27(3,4)5)19(2)29-21-18-20(31-33(21)24)30-26(36)37-16-17-40(7,8)9/h10,18,23H,1,11-17H2,2-9H3,(H,34,35)(H,30,31,36). The summed E-state index contributed by atoms with van der Waals surface area (Å²) in [5, 5.41) is 17.6. The van der Waals surface area contributed by atoms with Crippen LogP contribution >= 0.6 is 0 Å². The molecule has 1 unspecified atom stereocenters. The lowest BCUT2D eigenvalue weighted by Gasteiger charge is -2.41. The van der Waals surface area contributed by atoms with E-state index in [0.717, 1.165) is 18.9 Å². The number of amides is 1. The van der Waals surface area contributed by atoms with Gasteiger partial charge in [0.05, 0.1) is 30.0 Å². The van der Waals surface area contributed by atoms with E-state index in [1.165, 1.54) is 0 Å². The molecule has 0 aromatic carbocycles. The first-order valence-corrected chi connectivity index (χ1v) is 17.5. The van der Waals surface area contributed by atoms with E-state index in [0.29, 0.717) is 49.0 Å². The molecule has 1 aliphatic rings. The highest BCUT2D eigenvalue weighted by Gasteiger charge is 2.37. The molecule has 1 aliphatic heterocycles. The molecule has 2 aromatic heterocycles. The van der Waals surface area contributed by atoms with Crippen molar-refractivity contribution in [1.29, 1.82) is 0 Å². The molecule has 1 saturated heterocycles. The Morgan fingerprint density at radius 3 is 2.48 bits per heavy atom. The topological polar surface area (TPSA) is 128 Å². The molecule has 0 saturated carbocycles. The summed E-state index contributed by atoms with van der Waals surface area (Å²) in [4.78, 5) is 31.8. The number of nitrogens with zero attached hydrogens (tertiary/aromatic N) is 4. The smallest absolute Gasteiger partial charge is 0.412 e. The van der Waals surface area contributed by atoms with Gasteiger partial charge in [0.1, 0.15) is 5.82 Å². The van der Waals surface area contributed by atoms with Crippen LogP contribution in [0.2, 0.25) is 25.7 Å². The lowest BCUT2D eigenvalue weighted by molar-refractivity contribution is -0.160. The van der Waals surface area contributed by atoms with Crippen LogP contribution in [0.25, 0.3) is 5.65 Å². The summed E-state index contributed by atoms with van der Waals surface area (Å²) >= 11 is 0. The zero-order chi connectivity index (χ0) is 29.9. The van der Waals surface area contributed by atoms with Crippen LogP contribution in [0.4, 0.5) is 16.4 Å². The molecule has 12 heteroatoms. The molecule has 11 nitrogen and oxygen atoms in total. The van der Waals surface area contributed by atoms with E-state index in [-0.39, 0.29) is 11.4 Å². The Bertz CT molecular complexity index is 1220. The predicted molar refractivity (Wildman–Crippen MR) is 158 cm³/mol. The monoisotopic (exact) mass is 575 g/mol. The fourth-order valence-corrected chi connectivity index (χ4v) is 5.27. The zero-order valence-corrected chi connectivity index (χ0v) is 26.2. The maximum Gasteiger partial charge on any atom is 0.412 e. The van der Waals surface area contributed by atoms with E-state index in [9.17, 15) is 14.7 Å². The van der Waals surface area contributed by atoms with Crippen molar-refractivity contribution in [3.8, 4) is 0 Å². The van der Waals surface area contributed by atoms with Crippen molar-refractivity contribution < 1.29 is 28.9 Å². The van der Waals surface area contributed by atoms with Gasteiger partial charge in [0, 0.05) is 32.9 Å². The van der Waals surface area contributed by atoms with Crippen LogP contribution in [0.15, 0.2) is 18.7 Å². The molecule has 3 heterocycles. The number of aliphatic carboxylic acids is 1. The fourth-order valence-electron chi connectivity index (χ4n) is 4.56. The number of nitrogens with one attached hydrogen (secondary N) is 1. The van der Waals surface area contributed by atoms with Gasteiger partial charge in [-0.05, 0) is 53.5 Å². The minimum Gasteiger partial charge on any atom is -0.479 e. The van der Waals surface area contributed by atoms with Gasteiger partial charge in [-0.15, -0.1) is 11.7 Å². The molecular weight excluding hydrogens is 530 g/mol. The van der Waals surface area contributed by atoms with E-state index in [1.807, 2.05) is 20.8 Å². The number of carbonyl (C=O) groups is 2. The number of carbonyl (C=O) groups excluding carboxylic acids is 1. The Balaban J connectivity index is 2.03. The van der Waals surface area contributed by atoms with E-state index in [1.54, 1.807) is 23.6 Å². The van der Waals surface area contributed by atoms with E-state index in [4.69, 9.17) is 14.2 Å². The zero-order valence-electron chi connectivity index (χ0n) is 25.2. The maximum atomic E-state index is 12.5. The number of carboxylic acid groups (broad SMARTS) is 1. The Hall–Kier alpha value is -2.96. The second kappa shape index (κ2) is 12.3. The number of fused-ring (bicyclic) bond motifs is 1. The molecule has 1 atom stereocenters. The maximum absolute atomic E-state index is 12.5. The summed E-state index contributed by atoms with van der Waals surface area (Å²) in [6.45, 7) is 21.7. The van der Waals surface area contributed by atoms with Gasteiger partial charge < -0.3 is 24.2 Å². The van der Waals surface area contributed by atoms with Gasteiger partial charge in [0.2, 0.25) is 0 Å². The third-order valence-corrected chi connectivity index (χ3v) is 8.45. The van der Waals surface area contributed by atoms with Crippen LogP contribution < -0.4 is 10.2 Å². The van der Waals surface area contributed by atoms with Crippen LogP contribution in [0.3, 0.4) is 0 Å².